The van der Waals surface area contributed by atoms with Gasteiger partial charge < -0.3 is 0 Å². The third kappa shape index (κ3) is 4.96. The molecule has 0 saturated heterocycles. The Kier molecular flexibility index (Phi) is 7.36. The van der Waals surface area contributed by atoms with E-state index < -0.39 is 8.07 Å². The van der Waals surface area contributed by atoms with Crippen molar-refractivity contribution in [3.8, 4) is 67.0 Å². The minimum absolute atomic E-state index is 0.918. The molecular formula is C58H36N2Si. The molecule has 282 valence electrons. The number of hydrogen-bond acceptors (Lipinski definition) is 2. The SMILES string of the molecule is c1ccc([Si]2(c3ccccc3)c3ccccc3-c3cc(-c4ccc(-c5ccc6ccc7ccc(-c8ccc9c%10c(cccc8%10)-c8ccccc8-9)nc7c6n5)cc4)ccc32)cc1. The van der Waals surface area contributed by atoms with Crippen molar-refractivity contribution in [1.82, 2.24) is 9.97 Å². The Balaban J connectivity index is 0.885. The van der Waals surface area contributed by atoms with Crippen molar-refractivity contribution in [2.45, 2.75) is 0 Å². The molecule has 0 fully saturated rings. The van der Waals surface area contributed by atoms with Crippen LogP contribution in [0.3, 0.4) is 0 Å². The molecule has 0 amide bonds. The molecule has 13 rings (SSSR count). The van der Waals surface area contributed by atoms with E-state index in [-0.39, 0.29) is 0 Å². The van der Waals surface area contributed by atoms with E-state index in [0.29, 0.717) is 0 Å². The summed E-state index contributed by atoms with van der Waals surface area (Å²) in [7, 11) is -2.51. The van der Waals surface area contributed by atoms with Gasteiger partial charge in [0.05, 0.1) is 22.4 Å². The van der Waals surface area contributed by atoms with Crippen LogP contribution in [0.15, 0.2) is 218 Å². The van der Waals surface area contributed by atoms with Gasteiger partial charge in [-0.1, -0.05) is 200 Å². The van der Waals surface area contributed by atoms with Crippen LogP contribution in [-0.4, -0.2) is 18.0 Å². The molecule has 0 bridgehead atoms. The molecule has 0 N–H and O–H groups in total. The quantitative estimate of drug-likeness (QED) is 0.128. The van der Waals surface area contributed by atoms with Crippen LogP contribution in [0.1, 0.15) is 0 Å². The summed E-state index contributed by atoms with van der Waals surface area (Å²) in [5.74, 6) is 0. The molecule has 2 aliphatic rings. The summed E-state index contributed by atoms with van der Waals surface area (Å²) in [5.41, 5.74) is 16.2. The van der Waals surface area contributed by atoms with Crippen LogP contribution >= 0.6 is 0 Å². The molecule has 3 heteroatoms. The highest BCUT2D eigenvalue weighted by atomic mass is 28.3. The molecule has 0 saturated carbocycles. The lowest BCUT2D eigenvalue weighted by Gasteiger charge is -2.31. The summed E-state index contributed by atoms with van der Waals surface area (Å²) >= 11 is 0. The fourth-order valence-corrected chi connectivity index (χ4v) is 15.7. The lowest BCUT2D eigenvalue weighted by Crippen LogP contribution is -2.72. The second-order valence-electron chi connectivity index (χ2n) is 16.4. The van der Waals surface area contributed by atoms with Crippen LogP contribution in [0, 0.1) is 0 Å². The smallest absolute Gasteiger partial charge is 0.180 e. The van der Waals surface area contributed by atoms with E-state index >= 15 is 0 Å². The normalized spacial score (nSPS) is 13.0. The minimum atomic E-state index is -2.51. The molecule has 0 radical (unpaired) electrons. The number of nitrogens with zero attached hydrogens (tertiary/aromatic N) is 2. The topological polar surface area (TPSA) is 25.8 Å². The zero-order valence-electron chi connectivity index (χ0n) is 33.2. The molecule has 61 heavy (non-hydrogen) atoms. The van der Waals surface area contributed by atoms with Gasteiger partial charge in [-0.05, 0) is 94.2 Å². The zero-order chi connectivity index (χ0) is 40.1. The molecule has 2 aromatic heterocycles. The Bertz CT molecular complexity index is 3510. The maximum Gasteiger partial charge on any atom is 0.180 e. The van der Waals surface area contributed by atoms with E-state index in [1.165, 1.54) is 76.0 Å². The number of rotatable bonds is 5. The van der Waals surface area contributed by atoms with Crippen LogP contribution in [0.25, 0.3) is 99.6 Å². The second kappa shape index (κ2) is 13.1. The summed E-state index contributed by atoms with van der Waals surface area (Å²) < 4.78 is 0. The van der Waals surface area contributed by atoms with Gasteiger partial charge in [0.15, 0.2) is 8.07 Å². The Morgan fingerprint density at radius 2 is 0.803 bits per heavy atom. The van der Waals surface area contributed by atoms with E-state index in [0.717, 1.165) is 44.3 Å². The Labute approximate surface area is 355 Å². The molecule has 3 heterocycles. The maximum atomic E-state index is 5.37. The first-order valence-corrected chi connectivity index (χ1v) is 23.1. The summed E-state index contributed by atoms with van der Waals surface area (Å²) in [6.07, 6.45) is 0. The Morgan fingerprint density at radius 1 is 0.295 bits per heavy atom. The van der Waals surface area contributed by atoms with Crippen LogP contribution < -0.4 is 20.7 Å². The van der Waals surface area contributed by atoms with E-state index in [9.17, 15) is 0 Å². The zero-order valence-corrected chi connectivity index (χ0v) is 34.2. The largest absolute Gasteiger partial charge is 0.245 e. The van der Waals surface area contributed by atoms with Crippen molar-refractivity contribution in [3.05, 3.63) is 218 Å². The maximum absolute atomic E-state index is 5.37. The first kappa shape index (κ1) is 34.2. The first-order chi connectivity index (χ1) is 30.2. The summed E-state index contributed by atoms with van der Waals surface area (Å²) in [6, 6.07) is 80.5. The van der Waals surface area contributed by atoms with Gasteiger partial charge in [0, 0.05) is 21.9 Å². The molecule has 2 nitrogen and oxygen atoms in total. The third-order valence-corrected chi connectivity index (χ3v) is 18.2. The van der Waals surface area contributed by atoms with Crippen molar-refractivity contribution in [2.24, 2.45) is 0 Å². The van der Waals surface area contributed by atoms with Gasteiger partial charge >= 0.3 is 0 Å². The molecular weight excluding hydrogens is 753 g/mol. The number of hydrogen-bond donors (Lipinski definition) is 0. The fraction of sp³-hybridized carbons (Fsp3) is 0. The fourth-order valence-electron chi connectivity index (χ4n) is 10.6. The molecule has 0 spiro atoms. The van der Waals surface area contributed by atoms with Gasteiger partial charge in [0.25, 0.3) is 0 Å². The summed E-state index contributed by atoms with van der Waals surface area (Å²) in [6.45, 7) is 0. The van der Waals surface area contributed by atoms with E-state index in [1.54, 1.807) is 0 Å². The van der Waals surface area contributed by atoms with E-state index in [2.05, 4.69) is 218 Å². The predicted molar refractivity (Wildman–Crippen MR) is 258 cm³/mol. The van der Waals surface area contributed by atoms with Gasteiger partial charge in [-0.25, -0.2) is 9.97 Å². The Morgan fingerprint density at radius 3 is 1.51 bits per heavy atom. The van der Waals surface area contributed by atoms with Crippen LogP contribution in [0.5, 0.6) is 0 Å². The summed E-state index contributed by atoms with van der Waals surface area (Å²) in [5, 5.41) is 10.4. The van der Waals surface area contributed by atoms with Gasteiger partial charge in [-0.3, -0.25) is 0 Å². The van der Waals surface area contributed by atoms with Crippen molar-refractivity contribution in [3.63, 3.8) is 0 Å². The molecule has 0 unspecified atom stereocenters. The van der Waals surface area contributed by atoms with Gasteiger partial charge in [0.1, 0.15) is 0 Å². The van der Waals surface area contributed by atoms with Crippen molar-refractivity contribution < 1.29 is 0 Å². The van der Waals surface area contributed by atoms with Gasteiger partial charge in [0.2, 0.25) is 0 Å². The lowest BCUT2D eigenvalue weighted by atomic mass is 9.96. The Hall–Kier alpha value is -7.72. The predicted octanol–water partition coefficient (Wildman–Crippen LogP) is 11.9. The standard InChI is InChI=1S/C58H36N2Si/c1-3-12-42(13-4-1)61(43-14-5-2-6-15-43)54-21-10-9-18-47(54)51-36-41(30-35-55(51)61)37-22-24-38(25-23-37)52-33-28-39-26-27-40-29-34-53(60-58(40)57(39)59-52)46-31-32-50-45-17-8-7-16-44(45)48-19-11-20-49(46)56(48)50/h1-36H. The highest BCUT2D eigenvalue weighted by Crippen LogP contribution is 2.49. The number of benzene rings is 9. The third-order valence-electron chi connectivity index (χ3n) is 13.3. The average Bonchev–Trinajstić information content (AvgIpc) is 3.83. The minimum Gasteiger partial charge on any atom is -0.245 e. The van der Waals surface area contributed by atoms with Gasteiger partial charge in [-0.15, -0.1) is 0 Å². The average molecular weight is 789 g/mol. The lowest BCUT2D eigenvalue weighted by molar-refractivity contribution is 1.37. The number of pyridine rings is 2. The molecule has 1 aliphatic heterocycles. The number of fused-ring (bicyclic) bond motifs is 9. The van der Waals surface area contributed by atoms with Crippen LogP contribution in [0.4, 0.5) is 0 Å². The van der Waals surface area contributed by atoms with E-state index in [1.807, 2.05) is 0 Å². The molecule has 0 atom stereocenters. The van der Waals surface area contributed by atoms with Gasteiger partial charge in [-0.2, -0.15) is 0 Å². The molecule has 11 aromatic rings. The van der Waals surface area contributed by atoms with Crippen molar-refractivity contribution in [2.75, 3.05) is 0 Å². The van der Waals surface area contributed by atoms with Crippen LogP contribution in [-0.2, 0) is 0 Å². The number of aromatic nitrogens is 2. The van der Waals surface area contributed by atoms with E-state index in [4.69, 9.17) is 9.97 Å². The molecule has 1 aliphatic carbocycles. The molecule has 9 aromatic carbocycles. The first-order valence-electron chi connectivity index (χ1n) is 21.1. The highest BCUT2D eigenvalue weighted by molar-refractivity contribution is 7.22. The highest BCUT2D eigenvalue weighted by Gasteiger charge is 2.48. The van der Waals surface area contributed by atoms with Crippen molar-refractivity contribution in [1.29, 1.82) is 0 Å². The monoisotopic (exact) mass is 788 g/mol. The van der Waals surface area contributed by atoms with Crippen molar-refractivity contribution >= 4 is 61.4 Å². The van der Waals surface area contributed by atoms with Crippen LogP contribution in [0.2, 0.25) is 0 Å². The second-order valence-corrected chi connectivity index (χ2v) is 20.1. The summed E-state index contributed by atoms with van der Waals surface area (Å²) in [4.78, 5) is 10.7.